The lowest BCUT2D eigenvalue weighted by molar-refractivity contribution is 0.425. The molecule has 4 N–H and O–H groups in total. The third-order valence-corrected chi connectivity index (χ3v) is 6.32. The molecule has 2 aromatic carbocycles. The van der Waals surface area contributed by atoms with Crippen molar-refractivity contribution in [1.29, 1.82) is 0 Å². The number of aromatic nitrogens is 3. The van der Waals surface area contributed by atoms with Crippen molar-refractivity contribution in [2.45, 2.75) is 32.6 Å². The normalized spacial score (nSPS) is 13.7. The van der Waals surface area contributed by atoms with E-state index in [0.717, 1.165) is 27.4 Å². The summed E-state index contributed by atoms with van der Waals surface area (Å²) >= 11 is 6.76. The molecule has 6 nitrogen and oxygen atoms in total. The Hall–Kier alpha value is -2.61. The van der Waals surface area contributed by atoms with Crippen LogP contribution in [0.3, 0.4) is 0 Å². The summed E-state index contributed by atoms with van der Waals surface area (Å²) in [5, 5.41) is 27.8. The Morgan fingerprint density at radius 1 is 1.10 bits per heavy atom. The zero-order chi connectivity index (χ0) is 20.9. The van der Waals surface area contributed by atoms with Crippen LogP contribution in [0.2, 0.25) is 5.02 Å². The summed E-state index contributed by atoms with van der Waals surface area (Å²) in [6.45, 7) is 5.93. The van der Waals surface area contributed by atoms with E-state index in [1.807, 2.05) is 39.0 Å². The molecule has 0 amide bonds. The minimum absolute atomic E-state index is 0.00492. The van der Waals surface area contributed by atoms with Crippen molar-refractivity contribution >= 4 is 46.0 Å². The number of halogens is 1. The Morgan fingerprint density at radius 3 is 2.45 bits per heavy atom. The number of rotatable bonds is 4. The number of aromatic amines is 2. The fraction of sp³-hybridized carbons (Fsp3) is 0.238. The molecule has 0 fully saturated rings. The Kier molecular flexibility index (Phi) is 4.98. The molecule has 148 valence electrons. The first-order valence-corrected chi connectivity index (χ1v) is 9.81. The van der Waals surface area contributed by atoms with E-state index in [1.54, 1.807) is 18.3 Å². The number of nitrogens with one attached hydrogen (secondary N) is 2. The number of aryl methyl sites for hydroxylation is 1. The molecular formula is C21H21BClN3O3. The first-order chi connectivity index (χ1) is 13.8. The quantitative estimate of drug-likeness (QED) is 0.389. The topological polar surface area (TPSA) is 102 Å². The first-order valence-electron chi connectivity index (χ1n) is 9.43. The summed E-state index contributed by atoms with van der Waals surface area (Å²) < 4.78 is 0. The van der Waals surface area contributed by atoms with Gasteiger partial charge >= 0.3 is 7.12 Å². The predicted molar refractivity (Wildman–Crippen MR) is 117 cm³/mol. The highest BCUT2D eigenvalue weighted by atomic mass is 35.5. The van der Waals surface area contributed by atoms with Crippen LogP contribution in [-0.4, -0.2) is 32.3 Å². The van der Waals surface area contributed by atoms with Gasteiger partial charge in [-0.25, -0.2) is 0 Å². The Labute approximate surface area is 172 Å². The molecule has 4 aromatic rings. The maximum Gasteiger partial charge on any atom is 0.488 e. The maximum absolute atomic E-state index is 13.0. The molecule has 8 heteroatoms. The van der Waals surface area contributed by atoms with E-state index in [2.05, 4.69) is 15.2 Å². The third kappa shape index (κ3) is 3.25. The van der Waals surface area contributed by atoms with Gasteiger partial charge < -0.3 is 15.0 Å². The van der Waals surface area contributed by atoms with Gasteiger partial charge in [-0.05, 0) is 41.4 Å². The van der Waals surface area contributed by atoms with Crippen LogP contribution in [0.15, 0.2) is 41.3 Å². The van der Waals surface area contributed by atoms with Crippen molar-refractivity contribution in [3.8, 4) is 0 Å². The summed E-state index contributed by atoms with van der Waals surface area (Å²) in [5.41, 5.74) is 4.24. The van der Waals surface area contributed by atoms with Crippen LogP contribution in [0, 0.1) is 6.92 Å². The van der Waals surface area contributed by atoms with Gasteiger partial charge in [0.15, 0.2) is 0 Å². The van der Waals surface area contributed by atoms with Crippen LogP contribution in [0.5, 0.6) is 0 Å². The van der Waals surface area contributed by atoms with Gasteiger partial charge in [0, 0.05) is 16.3 Å². The van der Waals surface area contributed by atoms with Crippen molar-refractivity contribution < 1.29 is 10.0 Å². The van der Waals surface area contributed by atoms with Crippen molar-refractivity contribution in [2.75, 3.05) is 0 Å². The van der Waals surface area contributed by atoms with E-state index >= 15 is 0 Å². The van der Waals surface area contributed by atoms with E-state index in [4.69, 9.17) is 11.6 Å². The lowest BCUT2D eigenvalue weighted by atomic mass is 9.78. The van der Waals surface area contributed by atoms with E-state index in [0.29, 0.717) is 21.6 Å². The van der Waals surface area contributed by atoms with Crippen molar-refractivity contribution in [3.63, 3.8) is 0 Å². The van der Waals surface area contributed by atoms with Gasteiger partial charge in [-0.1, -0.05) is 49.7 Å². The van der Waals surface area contributed by atoms with E-state index in [-0.39, 0.29) is 17.4 Å². The summed E-state index contributed by atoms with van der Waals surface area (Å²) in [6, 6.07) is 8.98. The van der Waals surface area contributed by atoms with Crippen LogP contribution in [0.1, 0.15) is 42.4 Å². The number of fused-ring (bicyclic) bond motifs is 2. The minimum atomic E-state index is -1.50. The Bertz CT molecular complexity index is 1260. The molecule has 2 heterocycles. The zero-order valence-electron chi connectivity index (χ0n) is 16.3. The highest BCUT2D eigenvalue weighted by Crippen LogP contribution is 2.38. The maximum atomic E-state index is 13.0. The van der Waals surface area contributed by atoms with Gasteiger partial charge in [0.05, 0.1) is 22.3 Å². The predicted octanol–water partition coefficient (Wildman–Crippen LogP) is 2.95. The van der Waals surface area contributed by atoms with Crippen molar-refractivity contribution in [3.05, 3.63) is 68.6 Å². The van der Waals surface area contributed by atoms with Gasteiger partial charge in [0.1, 0.15) is 0 Å². The second kappa shape index (κ2) is 7.33. The number of H-pyrrole nitrogens is 2. The van der Waals surface area contributed by atoms with Gasteiger partial charge in [-0.3, -0.25) is 9.89 Å². The smallest absolute Gasteiger partial charge is 0.423 e. The number of hydrogen-bond donors (Lipinski definition) is 4. The molecule has 2 aromatic heterocycles. The molecular weight excluding hydrogens is 389 g/mol. The Balaban J connectivity index is 1.82. The molecule has 4 rings (SSSR count). The first kappa shape index (κ1) is 19.7. The average Bonchev–Trinajstić information content (AvgIpc) is 3.17. The lowest BCUT2D eigenvalue weighted by Gasteiger charge is -2.22. The summed E-state index contributed by atoms with van der Waals surface area (Å²) in [7, 11) is -1.50. The van der Waals surface area contributed by atoms with Crippen LogP contribution in [0.25, 0.3) is 21.8 Å². The number of nitrogens with zero attached hydrogens (tertiary/aromatic N) is 1. The number of benzene rings is 2. The molecule has 0 saturated heterocycles. The van der Waals surface area contributed by atoms with Crippen molar-refractivity contribution in [1.82, 2.24) is 15.2 Å². The standard InChI is InChI=1S/C21H21BClN3O3/c1-10(13-4-6-15(7-5-13)22(28)29)11(2)17-18(23)16-8-14-9-24-26-19(14)12(3)20(16)25-21(17)27/h4-11,28-29H,1-3H3,(H,24,26)(H,25,27). The molecule has 0 radical (unpaired) electrons. The van der Waals surface area contributed by atoms with Gasteiger partial charge in [-0.15, -0.1) is 0 Å². The van der Waals surface area contributed by atoms with Crippen LogP contribution >= 0.6 is 11.6 Å². The molecule has 2 atom stereocenters. The molecule has 29 heavy (non-hydrogen) atoms. The van der Waals surface area contributed by atoms with E-state index < -0.39 is 7.12 Å². The fourth-order valence-electron chi connectivity index (χ4n) is 3.94. The molecule has 0 aliphatic heterocycles. The molecule has 0 aliphatic rings. The molecule has 0 aliphatic carbocycles. The minimum Gasteiger partial charge on any atom is -0.423 e. The molecule has 0 spiro atoms. The molecule has 0 saturated carbocycles. The fourth-order valence-corrected chi connectivity index (χ4v) is 4.34. The second-order valence-corrected chi connectivity index (χ2v) is 7.94. The van der Waals surface area contributed by atoms with Crippen molar-refractivity contribution in [2.24, 2.45) is 0 Å². The second-order valence-electron chi connectivity index (χ2n) is 7.56. The van der Waals surface area contributed by atoms with E-state index in [1.165, 1.54) is 0 Å². The highest BCUT2D eigenvalue weighted by Gasteiger charge is 2.24. The largest absolute Gasteiger partial charge is 0.488 e. The monoisotopic (exact) mass is 409 g/mol. The third-order valence-electron chi connectivity index (χ3n) is 5.91. The molecule has 0 bridgehead atoms. The lowest BCUT2D eigenvalue weighted by Crippen LogP contribution is -2.29. The van der Waals surface area contributed by atoms with Gasteiger partial charge in [0.25, 0.3) is 5.56 Å². The SMILES string of the molecule is Cc1c2[nH]ncc2cc2c(Cl)c(C(C)C(C)c3ccc(B(O)O)cc3)c(=O)[nH]c12. The van der Waals surface area contributed by atoms with Gasteiger partial charge in [-0.2, -0.15) is 5.10 Å². The average molecular weight is 410 g/mol. The van der Waals surface area contributed by atoms with Crippen LogP contribution < -0.4 is 11.0 Å². The number of pyridine rings is 1. The zero-order valence-corrected chi connectivity index (χ0v) is 17.1. The van der Waals surface area contributed by atoms with E-state index in [9.17, 15) is 14.8 Å². The van der Waals surface area contributed by atoms with Gasteiger partial charge in [0.2, 0.25) is 0 Å². The molecule has 2 unspecified atom stereocenters. The summed E-state index contributed by atoms with van der Waals surface area (Å²) in [4.78, 5) is 16.0. The highest BCUT2D eigenvalue weighted by molar-refractivity contribution is 6.58. The number of hydrogen-bond acceptors (Lipinski definition) is 4. The van der Waals surface area contributed by atoms with Crippen LogP contribution in [0.4, 0.5) is 0 Å². The summed E-state index contributed by atoms with van der Waals surface area (Å²) in [5.74, 6) is -0.157. The van der Waals surface area contributed by atoms with Crippen LogP contribution in [-0.2, 0) is 0 Å². The summed E-state index contributed by atoms with van der Waals surface area (Å²) in [6.07, 6.45) is 1.74. The Morgan fingerprint density at radius 2 is 1.79 bits per heavy atom.